The predicted molar refractivity (Wildman–Crippen MR) is 131 cm³/mol. The molecular weight excluding hydrogens is 491 g/mol. The number of pyridine rings is 1. The van der Waals surface area contributed by atoms with E-state index in [1.165, 1.54) is 5.56 Å². The van der Waals surface area contributed by atoms with Crippen LogP contribution in [0, 0.1) is 0 Å². The summed E-state index contributed by atoms with van der Waals surface area (Å²) in [5, 5.41) is 9.65. The molecule has 1 aromatic heterocycles. The van der Waals surface area contributed by atoms with Crippen molar-refractivity contribution >= 4 is 35.8 Å². The smallest absolute Gasteiger partial charge is 0.252 e. The van der Waals surface area contributed by atoms with E-state index in [0.29, 0.717) is 24.7 Å². The van der Waals surface area contributed by atoms with E-state index in [-0.39, 0.29) is 29.9 Å². The number of aliphatic imine (C=N–C) groups is 1. The fourth-order valence-corrected chi connectivity index (χ4v) is 3.42. The van der Waals surface area contributed by atoms with E-state index in [0.717, 1.165) is 38.4 Å². The van der Waals surface area contributed by atoms with Gasteiger partial charge in [-0.3, -0.25) is 19.7 Å². The maximum absolute atomic E-state index is 12.0. The molecule has 1 amide bonds. The Labute approximate surface area is 195 Å². The van der Waals surface area contributed by atoms with Crippen molar-refractivity contribution in [2.24, 2.45) is 4.99 Å². The molecule has 0 spiro atoms. The highest BCUT2D eigenvalue weighted by Crippen LogP contribution is 2.13. The highest BCUT2D eigenvalue weighted by atomic mass is 127. The molecular formula is C22H31IN6O. The van der Waals surface area contributed by atoms with Crippen molar-refractivity contribution in [3.63, 3.8) is 0 Å². The lowest BCUT2D eigenvalue weighted by atomic mass is 10.0. The van der Waals surface area contributed by atoms with Crippen LogP contribution in [0.4, 0.5) is 0 Å². The molecule has 1 aliphatic heterocycles. The number of aromatic nitrogens is 1. The largest absolute Gasteiger partial charge is 0.355 e. The molecule has 3 N–H and O–H groups in total. The topological polar surface area (TPSA) is 81.6 Å². The number of halogens is 1. The molecule has 2 heterocycles. The zero-order valence-corrected chi connectivity index (χ0v) is 19.7. The molecule has 1 aromatic carbocycles. The van der Waals surface area contributed by atoms with Gasteiger partial charge in [-0.15, -0.1) is 24.0 Å². The molecule has 30 heavy (non-hydrogen) atoms. The van der Waals surface area contributed by atoms with E-state index in [2.05, 4.69) is 61.2 Å². The number of carbonyl (C=O) groups excluding carboxylic acids is 1. The molecule has 3 rings (SSSR count). The van der Waals surface area contributed by atoms with Gasteiger partial charge in [-0.05, 0) is 30.5 Å². The second-order valence-electron chi connectivity index (χ2n) is 7.18. The third-order valence-corrected chi connectivity index (χ3v) is 5.03. The lowest BCUT2D eigenvalue weighted by Gasteiger charge is -2.33. The van der Waals surface area contributed by atoms with Crippen LogP contribution in [0.3, 0.4) is 0 Å². The summed E-state index contributed by atoms with van der Waals surface area (Å²) in [7, 11) is 1.77. The number of benzene rings is 1. The Morgan fingerprint density at radius 1 is 1.10 bits per heavy atom. The van der Waals surface area contributed by atoms with E-state index in [1.54, 1.807) is 31.6 Å². The van der Waals surface area contributed by atoms with Crippen molar-refractivity contribution < 1.29 is 4.79 Å². The van der Waals surface area contributed by atoms with Gasteiger partial charge in [0.15, 0.2) is 5.96 Å². The van der Waals surface area contributed by atoms with Crippen LogP contribution in [-0.4, -0.2) is 61.0 Å². The molecule has 0 radical (unpaired) electrons. The Morgan fingerprint density at radius 2 is 1.83 bits per heavy atom. The minimum atomic E-state index is -0.117. The Hall–Kier alpha value is -2.20. The highest BCUT2D eigenvalue weighted by Gasteiger charge is 2.20. The Morgan fingerprint density at radius 3 is 2.50 bits per heavy atom. The lowest BCUT2D eigenvalue weighted by molar-refractivity contribution is 0.0954. The van der Waals surface area contributed by atoms with Gasteiger partial charge in [0, 0.05) is 58.2 Å². The number of rotatable bonds is 7. The normalized spacial score (nSPS) is 15.2. The first-order valence-corrected chi connectivity index (χ1v) is 10.2. The quantitative estimate of drug-likeness (QED) is 0.225. The lowest BCUT2D eigenvalue weighted by Crippen LogP contribution is -2.49. The molecule has 1 aliphatic rings. The third-order valence-electron chi connectivity index (χ3n) is 5.03. The molecule has 1 saturated heterocycles. The van der Waals surface area contributed by atoms with Gasteiger partial charge < -0.3 is 16.0 Å². The van der Waals surface area contributed by atoms with E-state index in [4.69, 9.17) is 0 Å². The fraction of sp³-hybridized carbons (Fsp3) is 0.409. The number of piperidine rings is 1. The van der Waals surface area contributed by atoms with Crippen LogP contribution in [0.1, 0.15) is 28.8 Å². The van der Waals surface area contributed by atoms with Crippen LogP contribution in [0.15, 0.2) is 59.9 Å². The first kappa shape index (κ1) is 24.1. The zero-order valence-electron chi connectivity index (χ0n) is 17.4. The summed E-state index contributed by atoms with van der Waals surface area (Å²) >= 11 is 0. The van der Waals surface area contributed by atoms with Gasteiger partial charge in [0.2, 0.25) is 0 Å². The van der Waals surface area contributed by atoms with E-state index < -0.39 is 0 Å². The Kier molecular flexibility index (Phi) is 10.6. The maximum Gasteiger partial charge on any atom is 0.252 e. The van der Waals surface area contributed by atoms with Crippen LogP contribution >= 0.6 is 24.0 Å². The minimum absolute atomic E-state index is 0. The average Bonchev–Trinajstić information content (AvgIpc) is 2.78. The number of hydrogen-bond acceptors (Lipinski definition) is 4. The number of carbonyl (C=O) groups is 1. The second kappa shape index (κ2) is 13.2. The summed E-state index contributed by atoms with van der Waals surface area (Å²) in [4.78, 5) is 22.8. The van der Waals surface area contributed by atoms with Gasteiger partial charge in [-0.2, -0.15) is 0 Å². The molecule has 0 bridgehead atoms. The summed E-state index contributed by atoms with van der Waals surface area (Å²) < 4.78 is 0. The maximum atomic E-state index is 12.0. The van der Waals surface area contributed by atoms with Gasteiger partial charge in [0.05, 0.1) is 5.56 Å². The molecule has 0 saturated carbocycles. The number of guanidine groups is 1. The highest BCUT2D eigenvalue weighted by molar-refractivity contribution is 14.0. The second-order valence-corrected chi connectivity index (χ2v) is 7.18. The molecule has 1 fully saturated rings. The summed E-state index contributed by atoms with van der Waals surface area (Å²) in [6, 6.07) is 14.5. The van der Waals surface area contributed by atoms with Crippen molar-refractivity contribution in [3.8, 4) is 0 Å². The number of nitrogens with zero attached hydrogens (tertiary/aromatic N) is 3. The van der Waals surface area contributed by atoms with Gasteiger partial charge in [-0.1, -0.05) is 30.3 Å². The van der Waals surface area contributed by atoms with Crippen molar-refractivity contribution in [1.82, 2.24) is 25.8 Å². The van der Waals surface area contributed by atoms with Gasteiger partial charge >= 0.3 is 0 Å². The SMILES string of the molecule is CN=C(NCCNC(=O)c1cccnc1)NC1CCN(Cc2ccccc2)CC1.I. The fourth-order valence-electron chi connectivity index (χ4n) is 3.42. The molecule has 7 nitrogen and oxygen atoms in total. The first-order chi connectivity index (χ1) is 14.2. The summed E-state index contributed by atoms with van der Waals surface area (Å²) in [5.74, 6) is 0.663. The minimum Gasteiger partial charge on any atom is -0.355 e. The van der Waals surface area contributed by atoms with Crippen molar-refractivity contribution in [3.05, 3.63) is 66.0 Å². The van der Waals surface area contributed by atoms with Gasteiger partial charge in [0.25, 0.3) is 5.91 Å². The summed E-state index contributed by atoms with van der Waals surface area (Å²) in [5.41, 5.74) is 1.93. The van der Waals surface area contributed by atoms with Crippen LogP contribution in [0.25, 0.3) is 0 Å². The van der Waals surface area contributed by atoms with Crippen LogP contribution in [0.2, 0.25) is 0 Å². The summed E-state index contributed by atoms with van der Waals surface area (Å²) in [6.45, 7) is 4.29. The van der Waals surface area contributed by atoms with E-state index in [1.807, 2.05) is 0 Å². The zero-order chi connectivity index (χ0) is 20.3. The van der Waals surface area contributed by atoms with Crippen molar-refractivity contribution in [1.29, 1.82) is 0 Å². The van der Waals surface area contributed by atoms with Crippen LogP contribution < -0.4 is 16.0 Å². The van der Waals surface area contributed by atoms with E-state index in [9.17, 15) is 4.79 Å². The molecule has 8 heteroatoms. The molecule has 162 valence electrons. The Balaban J connectivity index is 0.00000320. The third kappa shape index (κ3) is 7.91. The van der Waals surface area contributed by atoms with Crippen molar-refractivity contribution in [2.75, 3.05) is 33.2 Å². The molecule has 0 unspecified atom stereocenters. The van der Waals surface area contributed by atoms with Gasteiger partial charge in [0.1, 0.15) is 0 Å². The van der Waals surface area contributed by atoms with E-state index >= 15 is 0 Å². The average molecular weight is 522 g/mol. The number of likely N-dealkylation sites (tertiary alicyclic amines) is 1. The van der Waals surface area contributed by atoms with Gasteiger partial charge in [-0.25, -0.2) is 0 Å². The Bertz CT molecular complexity index is 779. The number of nitrogens with one attached hydrogen (secondary N) is 3. The van der Waals surface area contributed by atoms with Crippen LogP contribution in [0.5, 0.6) is 0 Å². The van der Waals surface area contributed by atoms with Crippen LogP contribution in [-0.2, 0) is 6.54 Å². The van der Waals surface area contributed by atoms with Crippen molar-refractivity contribution in [2.45, 2.75) is 25.4 Å². The molecule has 0 atom stereocenters. The number of hydrogen-bond donors (Lipinski definition) is 3. The summed E-state index contributed by atoms with van der Waals surface area (Å²) in [6.07, 6.45) is 5.39. The standard InChI is InChI=1S/C22H30N6O.HI/c1-23-22(26-13-12-25-21(29)19-8-5-11-24-16-19)27-20-9-14-28(15-10-20)17-18-6-3-2-4-7-18;/h2-8,11,16,20H,9-10,12-15,17H2,1H3,(H,25,29)(H2,23,26,27);1H. The first-order valence-electron chi connectivity index (χ1n) is 10.2. The number of amides is 1. The predicted octanol–water partition coefficient (Wildman–Crippen LogP) is 2.26. The molecule has 0 aliphatic carbocycles. The monoisotopic (exact) mass is 522 g/mol. The molecule has 2 aromatic rings.